The van der Waals surface area contributed by atoms with Crippen molar-refractivity contribution in [1.82, 2.24) is 10.1 Å². The largest absolute Gasteiger partial charge is 0.493 e. The molecule has 3 aromatic rings. The second-order valence-corrected chi connectivity index (χ2v) is 6.00. The molecule has 0 spiro atoms. The molecule has 0 aliphatic carbocycles. The average Bonchev–Trinajstić information content (AvgIpc) is 3.26. The third kappa shape index (κ3) is 4.02. The molecule has 1 heterocycles. The highest BCUT2D eigenvalue weighted by atomic mass is 16.6. The first-order valence-electron chi connectivity index (χ1n) is 8.80. The number of rotatable bonds is 9. The fraction of sp³-hybridized carbons (Fsp3) is 0.200. The van der Waals surface area contributed by atoms with E-state index in [1.807, 2.05) is 0 Å². The van der Waals surface area contributed by atoms with Crippen LogP contribution in [0.3, 0.4) is 0 Å². The van der Waals surface area contributed by atoms with Crippen molar-refractivity contribution >= 4 is 11.4 Å². The Morgan fingerprint density at radius 1 is 1.13 bits per heavy atom. The molecule has 0 saturated heterocycles. The Balaban J connectivity index is 2.00. The lowest BCUT2D eigenvalue weighted by atomic mass is 10.1. The van der Waals surface area contributed by atoms with Crippen molar-refractivity contribution in [1.29, 1.82) is 0 Å². The van der Waals surface area contributed by atoms with Gasteiger partial charge < -0.3 is 24.1 Å². The zero-order valence-electron chi connectivity index (χ0n) is 16.7. The number of hydrogen-bond acceptors (Lipinski definition) is 9. The summed E-state index contributed by atoms with van der Waals surface area (Å²) in [6.45, 7) is 3.99. The van der Waals surface area contributed by atoms with Gasteiger partial charge in [-0.25, -0.2) is 0 Å². The van der Waals surface area contributed by atoms with Gasteiger partial charge in [0, 0.05) is 23.7 Å². The third-order valence-corrected chi connectivity index (χ3v) is 4.23. The van der Waals surface area contributed by atoms with Crippen LogP contribution in [-0.4, -0.2) is 42.9 Å². The summed E-state index contributed by atoms with van der Waals surface area (Å²) in [4.78, 5) is 15.3. The number of nitrogens with one attached hydrogen (secondary N) is 1. The van der Waals surface area contributed by atoms with Crippen LogP contribution in [0.15, 0.2) is 47.5 Å². The summed E-state index contributed by atoms with van der Waals surface area (Å²) in [5, 5.41) is 18.3. The minimum Gasteiger partial charge on any atom is -0.493 e. The van der Waals surface area contributed by atoms with Crippen molar-refractivity contribution in [2.45, 2.75) is 0 Å². The molecular weight excluding hydrogens is 392 g/mol. The molecular formula is C20H20N4O6. The lowest BCUT2D eigenvalue weighted by Crippen LogP contribution is -2.02. The summed E-state index contributed by atoms with van der Waals surface area (Å²) >= 11 is 0. The van der Waals surface area contributed by atoms with E-state index in [9.17, 15) is 10.1 Å². The Morgan fingerprint density at radius 2 is 1.83 bits per heavy atom. The van der Waals surface area contributed by atoms with Crippen LogP contribution in [0.1, 0.15) is 0 Å². The van der Waals surface area contributed by atoms with E-state index in [-0.39, 0.29) is 17.4 Å². The van der Waals surface area contributed by atoms with Gasteiger partial charge in [0.15, 0.2) is 11.5 Å². The third-order valence-electron chi connectivity index (χ3n) is 4.23. The molecule has 3 rings (SSSR count). The van der Waals surface area contributed by atoms with Crippen LogP contribution in [-0.2, 0) is 0 Å². The fourth-order valence-electron chi connectivity index (χ4n) is 2.82. The zero-order valence-corrected chi connectivity index (χ0v) is 16.7. The highest BCUT2D eigenvalue weighted by Crippen LogP contribution is 2.41. The van der Waals surface area contributed by atoms with Gasteiger partial charge in [0.1, 0.15) is 5.69 Å². The normalized spacial score (nSPS) is 10.4. The van der Waals surface area contributed by atoms with Gasteiger partial charge in [-0.15, -0.1) is 6.58 Å². The topological polar surface area (TPSA) is 122 Å². The van der Waals surface area contributed by atoms with Crippen molar-refractivity contribution in [2.24, 2.45) is 0 Å². The molecule has 10 heteroatoms. The fourth-order valence-corrected chi connectivity index (χ4v) is 2.82. The molecule has 0 bridgehead atoms. The highest BCUT2D eigenvalue weighted by molar-refractivity contribution is 5.71. The maximum atomic E-state index is 11.4. The minimum atomic E-state index is -0.481. The first-order chi connectivity index (χ1) is 14.5. The van der Waals surface area contributed by atoms with Crippen molar-refractivity contribution in [3.63, 3.8) is 0 Å². The highest BCUT2D eigenvalue weighted by Gasteiger charge is 2.20. The SMILES string of the molecule is C=CCNc1ccc(-c2nc(-c3cc(OC)c(OC)c(OC)c3)no2)cc1[N+](=O)[O-]. The molecule has 0 amide bonds. The van der Waals surface area contributed by atoms with Gasteiger partial charge in [-0.2, -0.15) is 4.98 Å². The summed E-state index contributed by atoms with van der Waals surface area (Å²) < 4.78 is 21.3. The molecule has 0 atom stereocenters. The van der Waals surface area contributed by atoms with Crippen molar-refractivity contribution in [3.8, 4) is 40.1 Å². The van der Waals surface area contributed by atoms with Gasteiger partial charge >= 0.3 is 0 Å². The Labute approximate surface area is 172 Å². The zero-order chi connectivity index (χ0) is 21.7. The van der Waals surface area contributed by atoms with E-state index >= 15 is 0 Å². The average molecular weight is 412 g/mol. The van der Waals surface area contributed by atoms with Gasteiger partial charge in [0.25, 0.3) is 11.6 Å². The molecule has 1 aromatic heterocycles. The molecule has 156 valence electrons. The predicted octanol–water partition coefficient (Wildman–Crippen LogP) is 3.94. The van der Waals surface area contributed by atoms with E-state index in [4.69, 9.17) is 18.7 Å². The standard InChI is InChI=1S/C20H20N4O6/c1-5-8-21-14-7-6-12(9-15(14)24(25)26)20-22-19(23-30-20)13-10-16(27-2)18(29-4)17(11-13)28-3/h5-7,9-11,21H,1,8H2,2-4H3. The van der Waals surface area contributed by atoms with Crippen LogP contribution in [0.2, 0.25) is 0 Å². The maximum Gasteiger partial charge on any atom is 0.293 e. The van der Waals surface area contributed by atoms with Crippen LogP contribution < -0.4 is 19.5 Å². The molecule has 0 unspecified atom stereocenters. The van der Waals surface area contributed by atoms with Crippen molar-refractivity contribution in [2.75, 3.05) is 33.2 Å². The molecule has 2 aromatic carbocycles. The molecule has 10 nitrogen and oxygen atoms in total. The summed E-state index contributed by atoms with van der Waals surface area (Å²) in [6, 6.07) is 7.98. The number of nitro benzene ring substituents is 1. The number of anilines is 1. The molecule has 30 heavy (non-hydrogen) atoms. The summed E-state index contributed by atoms with van der Waals surface area (Å²) in [6.07, 6.45) is 1.61. The van der Waals surface area contributed by atoms with E-state index in [1.54, 1.807) is 30.3 Å². The Hall–Kier alpha value is -4.08. The van der Waals surface area contributed by atoms with Crippen molar-refractivity contribution < 1.29 is 23.7 Å². The van der Waals surface area contributed by atoms with Crippen molar-refractivity contribution in [3.05, 3.63) is 53.1 Å². The molecule has 0 radical (unpaired) electrons. The second kappa shape index (κ2) is 8.95. The molecule has 1 N–H and O–H groups in total. The van der Waals surface area contributed by atoms with E-state index in [2.05, 4.69) is 22.0 Å². The van der Waals surface area contributed by atoms with Crippen LogP contribution in [0.4, 0.5) is 11.4 Å². The number of hydrogen-bond donors (Lipinski definition) is 1. The minimum absolute atomic E-state index is 0.109. The maximum absolute atomic E-state index is 11.4. The molecule has 0 aliphatic rings. The Bertz CT molecular complexity index is 1050. The van der Waals surface area contributed by atoms with E-state index in [0.717, 1.165) is 0 Å². The van der Waals surface area contributed by atoms with E-state index < -0.39 is 4.92 Å². The Kier molecular flexibility index (Phi) is 6.16. The van der Waals surface area contributed by atoms with Gasteiger partial charge in [-0.05, 0) is 24.3 Å². The van der Waals surface area contributed by atoms with Crippen LogP contribution in [0.5, 0.6) is 17.2 Å². The quantitative estimate of drug-likeness (QED) is 0.316. The van der Waals surface area contributed by atoms with Gasteiger partial charge in [-0.1, -0.05) is 11.2 Å². The lowest BCUT2D eigenvalue weighted by molar-refractivity contribution is -0.383. The smallest absolute Gasteiger partial charge is 0.293 e. The van der Waals surface area contributed by atoms with Crippen LogP contribution in [0.25, 0.3) is 22.8 Å². The summed E-state index contributed by atoms with van der Waals surface area (Å²) in [5.41, 5.74) is 1.24. The van der Waals surface area contributed by atoms with Gasteiger partial charge in [-0.3, -0.25) is 10.1 Å². The van der Waals surface area contributed by atoms with E-state index in [1.165, 1.54) is 27.4 Å². The van der Waals surface area contributed by atoms with Gasteiger partial charge in [0.05, 0.1) is 26.3 Å². The summed E-state index contributed by atoms with van der Waals surface area (Å²) in [5.74, 6) is 1.71. The van der Waals surface area contributed by atoms with E-state index in [0.29, 0.717) is 40.6 Å². The molecule has 0 aliphatic heterocycles. The number of nitro groups is 1. The summed E-state index contributed by atoms with van der Waals surface area (Å²) in [7, 11) is 4.51. The first-order valence-corrected chi connectivity index (χ1v) is 8.80. The second-order valence-electron chi connectivity index (χ2n) is 6.00. The number of methoxy groups -OCH3 is 3. The van der Waals surface area contributed by atoms with Gasteiger partial charge in [0.2, 0.25) is 11.6 Å². The van der Waals surface area contributed by atoms with Crippen LogP contribution >= 0.6 is 0 Å². The number of ether oxygens (including phenoxy) is 3. The lowest BCUT2D eigenvalue weighted by Gasteiger charge is -2.12. The number of aromatic nitrogens is 2. The molecule has 0 fully saturated rings. The first kappa shape index (κ1) is 20.6. The van der Waals surface area contributed by atoms with Crippen LogP contribution in [0, 0.1) is 10.1 Å². The Morgan fingerprint density at radius 3 is 2.40 bits per heavy atom. The predicted molar refractivity (Wildman–Crippen MR) is 110 cm³/mol. The number of nitrogens with zero attached hydrogens (tertiary/aromatic N) is 3. The monoisotopic (exact) mass is 412 g/mol. The molecule has 0 saturated carbocycles. The number of benzene rings is 2.